The number of hydrogen-bond acceptors (Lipinski definition) is 3. The lowest BCUT2D eigenvalue weighted by molar-refractivity contribution is 0.0689. The van der Waals surface area contributed by atoms with Crippen LogP contribution in [0.3, 0.4) is 0 Å². The smallest absolute Gasteiger partial charge is 0.356 e. The van der Waals surface area contributed by atoms with E-state index in [1.165, 1.54) is 28.9 Å². The molecule has 0 fully saturated rings. The zero-order chi connectivity index (χ0) is 13.4. The SMILES string of the molecule is O=C(O)c1c(-c2ccccc2F)nc2cccnn12. The highest BCUT2D eigenvalue weighted by molar-refractivity contribution is 5.94. The fourth-order valence-electron chi connectivity index (χ4n) is 1.92. The van der Waals surface area contributed by atoms with Gasteiger partial charge in [0.2, 0.25) is 0 Å². The van der Waals surface area contributed by atoms with Crippen LogP contribution in [-0.2, 0) is 0 Å². The first-order chi connectivity index (χ1) is 9.18. The molecule has 0 spiro atoms. The number of carboxylic acids is 1. The number of nitrogens with zero attached hydrogens (tertiary/aromatic N) is 3. The molecule has 2 aromatic heterocycles. The Hall–Kier alpha value is -2.76. The van der Waals surface area contributed by atoms with Crippen LogP contribution in [0.1, 0.15) is 10.5 Å². The maximum absolute atomic E-state index is 13.8. The van der Waals surface area contributed by atoms with Crippen LogP contribution in [0.15, 0.2) is 42.6 Å². The summed E-state index contributed by atoms with van der Waals surface area (Å²) < 4.78 is 15.0. The first-order valence-corrected chi connectivity index (χ1v) is 5.50. The molecule has 0 aliphatic carbocycles. The second-order valence-electron chi connectivity index (χ2n) is 3.89. The lowest BCUT2D eigenvalue weighted by Gasteiger charge is -2.00. The second-order valence-corrected chi connectivity index (χ2v) is 3.89. The van der Waals surface area contributed by atoms with Crippen molar-refractivity contribution in [2.75, 3.05) is 0 Å². The van der Waals surface area contributed by atoms with Crippen LogP contribution in [-0.4, -0.2) is 25.7 Å². The minimum atomic E-state index is -1.20. The molecule has 94 valence electrons. The molecule has 0 saturated carbocycles. The average Bonchev–Trinajstić information content (AvgIpc) is 2.78. The van der Waals surface area contributed by atoms with Crippen LogP contribution in [0.4, 0.5) is 4.39 Å². The van der Waals surface area contributed by atoms with Gasteiger partial charge in [0.1, 0.15) is 11.5 Å². The summed E-state index contributed by atoms with van der Waals surface area (Å²) in [6.45, 7) is 0. The predicted octanol–water partition coefficient (Wildman–Crippen LogP) is 2.23. The van der Waals surface area contributed by atoms with E-state index >= 15 is 0 Å². The van der Waals surface area contributed by atoms with Crippen molar-refractivity contribution >= 4 is 11.6 Å². The molecule has 6 heteroatoms. The molecule has 0 saturated heterocycles. The van der Waals surface area contributed by atoms with Crippen molar-refractivity contribution in [3.05, 3.63) is 54.1 Å². The van der Waals surface area contributed by atoms with E-state index in [9.17, 15) is 14.3 Å². The van der Waals surface area contributed by atoms with Crippen LogP contribution in [0.5, 0.6) is 0 Å². The number of imidazole rings is 1. The molecule has 0 aliphatic heterocycles. The first kappa shape index (κ1) is 11.3. The Morgan fingerprint density at radius 3 is 2.74 bits per heavy atom. The Kier molecular flexibility index (Phi) is 2.49. The molecule has 3 aromatic rings. The van der Waals surface area contributed by atoms with Crippen LogP contribution in [0, 0.1) is 5.82 Å². The van der Waals surface area contributed by atoms with E-state index in [4.69, 9.17) is 0 Å². The van der Waals surface area contributed by atoms with Crippen molar-refractivity contribution in [1.29, 1.82) is 0 Å². The van der Waals surface area contributed by atoms with Gasteiger partial charge in [0.25, 0.3) is 0 Å². The number of carboxylic acid groups (broad SMARTS) is 1. The Balaban J connectivity index is 2.38. The molecule has 1 N–H and O–H groups in total. The van der Waals surface area contributed by atoms with Gasteiger partial charge in [0, 0.05) is 11.8 Å². The summed E-state index contributed by atoms with van der Waals surface area (Å²) in [6, 6.07) is 9.17. The number of aromatic nitrogens is 3. The highest BCUT2D eigenvalue weighted by atomic mass is 19.1. The van der Waals surface area contributed by atoms with Gasteiger partial charge in [0.15, 0.2) is 11.3 Å². The molecule has 19 heavy (non-hydrogen) atoms. The van der Waals surface area contributed by atoms with Gasteiger partial charge in [-0.2, -0.15) is 5.10 Å². The van der Waals surface area contributed by atoms with Crippen LogP contribution >= 0.6 is 0 Å². The predicted molar refractivity (Wildman–Crippen MR) is 65.3 cm³/mol. The zero-order valence-corrected chi connectivity index (χ0v) is 9.62. The molecule has 3 rings (SSSR count). The quantitative estimate of drug-likeness (QED) is 0.764. The van der Waals surface area contributed by atoms with Crippen LogP contribution in [0.25, 0.3) is 16.9 Å². The topological polar surface area (TPSA) is 67.5 Å². The minimum absolute atomic E-state index is 0.0734. The Bertz CT molecular complexity index is 782. The van der Waals surface area contributed by atoms with E-state index in [2.05, 4.69) is 10.1 Å². The normalized spacial score (nSPS) is 10.8. The standard InChI is InChI=1S/C13H8FN3O2/c14-9-5-2-1-4-8(9)11-12(13(18)19)17-10(16-11)6-3-7-15-17/h1-7H,(H,18,19). The van der Waals surface area contributed by atoms with Gasteiger partial charge < -0.3 is 5.11 Å². The fraction of sp³-hybridized carbons (Fsp3) is 0. The summed E-state index contributed by atoms with van der Waals surface area (Å²) in [4.78, 5) is 15.5. The number of carbonyl (C=O) groups is 1. The lowest BCUT2D eigenvalue weighted by Crippen LogP contribution is -2.05. The molecule has 0 amide bonds. The number of hydrogen-bond donors (Lipinski definition) is 1. The third-order valence-electron chi connectivity index (χ3n) is 2.72. The van der Waals surface area contributed by atoms with Crippen LogP contribution in [0.2, 0.25) is 0 Å². The van der Waals surface area contributed by atoms with Gasteiger partial charge in [-0.05, 0) is 24.3 Å². The fourth-order valence-corrected chi connectivity index (χ4v) is 1.92. The van der Waals surface area contributed by atoms with E-state index in [0.29, 0.717) is 5.65 Å². The molecular formula is C13H8FN3O2. The highest BCUT2D eigenvalue weighted by Gasteiger charge is 2.22. The maximum Gasteiger partial charge on any atom is 0.356 e. The van der Waals surface area contributed by atoms with Crippen molar-refractivity contribution in [3.63, 3.8) is 0 Å². The van der Waals surface area contributed by atoms with Gasteiger partial charge in [-0.1, -0.05) is 12.1 Å². The molecule has 0 radical (unpaired) electrons. The largest absolute Gasteiger partial charge is 0.476 e. The minimum Gasteiger partial charge on any atom is -0.476 e. The third-order valence-corrected chi connectivity index (χ3v) is 2.72. The van der Waals surface area contributed by atoms with Crippen molar-refractivity contribution in [2.45, 2.75) is 0 Å². The lowest BCUT2D eigenvalue weighted by atomic mass is 10.1. The number of benzene rings is 1. The van der Waals surface area contributed by atoms with Crippen LogP contribution < -0.4 is 0 Å². The van der Waals surface area contributed by atoms with E-state index in [1.807, 2.05) is 0 Å². The summed E-state index contributed by atoms with van der Waals surface area (Å²) in [5.41, 5.74) is 0.425. The van der Waals surface area contributed by atoms with Crippen molar-refractivity contribution in [2.24, 2.45) is 0 Å². The molecule has 0 atom stereocenters. The van der Waals surface area contributed by atoms with Gasteiger partial charge in [-0.25, -0.2) is 18.7 Å². The van der Waals surface area contributed by atoms with Gasteiger partial charge in [0.05, 0.1) is 0 Å². The average molecular weight is 257 g/mol. The first-order valence-electron chi connectivity index (χ1n) is 5.50. The molecule has 0 unspecified atom stereocenters. The number of aromatic carboxylic acids is 1. The molecule has 2 heterocycles. The van der Waals surface area contributed by atoms with E-state index in [-0.39, 0.29) is 17.0 Å². The number of fused-ring (bicyclic) bond motifs is 1. The summed E-state index contributed by atoms with van der Waals surface area (Å²) >= 11 is 0. The highest BCUT2D eigenvalue weighted by Crippen LogP contribution is 2.26. The Morgan fingerprint density at radius 1 is 1.21 bits per heavy atom. The maximum atomic E-state index is 13.8. The molecule has 0 bridgehead atoms. The van der Waals surface area contributed by atoms with Gasteiger partial charge in [-0.15, -0.1) is 0 Å². The number of rotatable bonds is 2. The Labute approximate surface area is 107 Å². The van der Waals surface area contributed by atoms with Crippen molar-refractivity contribution in [1.82, 2.24) is 14.6 Å². The van der Waals surface area contributed by atoms with E-state index in [1.54, 1.807) is 18.2 Å². The van der Waals surface area contributed by atoms with Gasteiger partial charge in [-0.3, -0.25) is 0 Å². The summed E-state index contributed by atoms with van der Waals surface area (Å²) in [7, 11) is 0. The van der Waals surface area contributed by atoms with Crippen molar-refractivity contribution in [3.8, 4) is 11.3 Å². The summed E-state index contributed by atoms with van der Waals surface area (Å²) in [5, 5.41) is 13.2. The summed E-state index contributed by atoms with van der Waals surface area (Å²) in [5.74, 6) is -1.72. The Morgan fingerprint density at radius 2 is 2.00 bits per heavy atom. The molecule has 0 aliphatic rings. The van der Waals surface area contributed by atoms with Crippen molar-refractivity contribution < 1.29 is 14.3 Å². The van der Waals surface area contributed by atoms with E-state index in [0.717, 1.165) is 0 Å². The number of halogens is 1. The summed E-state index contributed by atoms with van der Waals surface area (Å²) in [6.07, 6.45) is 1.45. The molecule has 1 aromatic carbocycles. The van der Waals surface area contributed by atoms with Gasteiger partial charge >= 0.3 is 5.97 Å². The monoisotopic (exact) mass is 257 g/mol. The van der Waals surface area contributed by atoms with E-state index < -0.39 is 11.8 Å². The second kappa shape index (κ2) is 4.16. The molecule has 5 nitrogen and oxygen atoms in total. The third kappa shape index (κ3) is 1.74. The molecular weight excluding hydrogens is 249 g/mol. The zero-order valence-electron chi connectivity index (χ0n) is 9.62.